The molecule has 4 heteroatoms. The average Bonchev–Trinajstić information content (AvgIpc) is 3.71. The van der Waals surface area contributed by atoms with Gasteiger partial charge >= 0.3 is 0 Å². The number of benzene rings is 8. The fourth-order valence-electron chi connectivity index (χ4n) is 7.85. The highest BCUT2D eigenvalue weighted by Crippen LogP contribution is 2.42. The quantitative estimate of drug-likeness (QED) is 0.178. The summed E-state index contributed by atoms with van der Waals surface area (Å²) in [5.41, 5.74) is 9.15. The molecule has 8 aromatic carbocycles. The van der Waals surface area contributed by atoms with Crippen molar-refractivity contribution in [2.75, 3.05) is 0 Å². The Kier molecular flexibility index (Phi) is 5.83. The molecule has 50 heavy (non-hydrogen) atoms. The van der Waals surface area contributed by atoms with E-state index in [9.17, 15) is 0 Å². The van der Waals surface area contributed by atoms with Gasteiger partial charge in [-0.15, -0.1) is 11.3 Å². The molecule has 3 heterocycles. The molecule has 0 spiro atoms. The van der Waals surface area contributed by atoms with Gasteiger partial charge in [-0.3, -0.25) is 0 Å². The van der Waals surface area contributed by atoms with Gasteiger partial charge in [-0.05, 0) is 64.7 Å². The number of nitrogens with zero attached hydrogens (tertiary/aromatic N) is 3. The number of fused-ring (bicyclic) bond motifs is 10. The molecule has 0 aliphatic carbocycles. The lowest BCUT2D eigenvalue weighted by molar-refractivity contribution is 1.18. The first-order valence-electron chi connectivity index (χ1n) is 16.9. The van der Waals surface area contributed by atoms with Crippen molar-refractivity contribution in [3.05, 3.63) is 164 Å². The zero-order valence-electron chi connectivity index (χ0n) is 26.8. The minimum absolute atomic E-state index is 0.877. The van der Waals surface area contributed by atoms with Crippen LogP contribution in [-0.2, 0) is 0 Å². The lowest BCUT2D eigenvalue weighted by atomic mass is 9.96. The molecule has 11 aromatic rings. The molecule has 0 unspecified atom stereocenters. The third-order valence-corrected chi connectivity index (χ3v) is 11.3. The number of aromatic nitrogens is 3. The van der Waals surface area contributed by atoms with Crippen LogP contribution in [0.1, 0.15) is 0 Å². The normalized spacial score (nSPS) is 12.0. The summed E-state index contributed by atoms with van der Waals surface area (Å²) in [5, 5.41) is 9.66. The Labute approximate surface area is 291 Å². The monoisotopic (exact) mass is 653 g/mol. The molecule has 11 rings (SSSR count). The highest BCUT2D eigenvalue weighted by molar-refractivity contribution is 7.25. The van der Waals surface area contributed by atoms with Crippen LogP contribution in [0.5, 0.6) is 0 Å². The first-order valence-corrected chi connectivity index (χ1v) is 17.7. The first kappa shape index (κ1) is 27.6. The molecular weight excluding hydrogens is 627 g/mol. The molecule has 0 amide bonds. The van der Waals surface area contributed by atoms with Crippen LogP contribution in [0.2, 0.25) is 0 Å². The molecule has 0 saturated heterocycles. The molecule has 3 nitrogen and oxygen atoms in total. The van der Waals surface area contributed by atoms with Gasteiger partial charge in [0.15, 0.2) is 0 Å². The highest BCUT2D eigenvalue weighted by Gasteiger charge is 2.20. The number of hydrogen-bond donors (Lipinski definition) is 0. The van der Waals surface area contributed by atoms with Crippen LogP contribution in [-0.4, -0.2) is 14.5 Å². The Bertz CT molecular complexity index is 3150. The zero-order valence-corrected chi connectivity index (χ0v) is 27.7. The number of para-hydroxylation sites is 2. The van der Waals surface area contributed by atoms with Crippen LogP contribution >= 0.6 is 11.3 Å². The largest absolute Gasteiger partial charge is 0.309 e. The standard InChI is InChI=1S/C46H27N3S/c1-2-13-31(14-3-1)49-40-19-8-6-16-33(40)34-23-21-30(25-41(34)49)44-46(48-45-32-15-5-4-11-28(32)22-24-39(45)47-44)36-18-10-12-29-26-43-38(27-37(29)36)35-17-7-9-20-42(35)50-43/h1-27H. The molecule has 0 saturated carbocycles. The molecule has 0 radical (unpaired) electrons. The Morgan fingerprint density at radius 2 is 1.18 bits per heavy atom. The summed E-state index contributed by atoms with van der Waals surface area (Å²) >= 11 is 1.85. The van der Waals surface area contributed by atoms with Crippen molar-refractivity contribution in [1.82, 2.24) is 14.5 Å². The summed E-state index contributed by atoms with van der Waals surface area (Å²) in [6, 6.07) is 58.8. The lowest BCUT2D eigenvalue weighted by Crippen LogP contribution is -1.98. The summed E-state index contributed by atoms with van der Waals surface area (Å²) in [5.74, 6) is 0. The zero-order chi connectivity index (χ0) is 32.8. The second-order valence-electron chi connectivity index (χ2n) is 13.0. The summed E-state index contributed by atoms with van der Waals surface area (Å²) in [4.78, 5) is 11.0. The van der Waals surface area contributed by atoms with E-state index in [0.717, 1.165) is 55.5 Å². The van der Waals surface area contributed by atoms with Crippen LogP contribution in [0.3, 0.4) is 0 Å². The molecule has 0 fully saturated rings. The highest BCUT2D eigenvalue weighted by atomic mass is 32.1. The Hall–Kier alpha value is -6.36. The van der Waals surface area contributed by atoms with Gasteiger partial charge in [0.05, 0.1) is 33.5 Å². The van der Waals surface area contributed by atoms with Gasteiger partial charge in [0.25, 0.3) is 0 Å². The minimum Gasteiger partial charge on any atom is -0.309 e. The summed E-state index contributed by atoms with van der Waals surface area (Å²) in [6.45, 7) is 0. The van der Waals surface area contributed by atoms with Crippen LogP contribution in [0.15, 0.2) is 164 Å². The number of rotatable bonds is 3. The van der Waals surface area contributed by atoms with Gasteiger partial charge in [0, 0.05) is 53.1 Å². The van der Waals surface area contributed by atoms with E-state index in [1.165, 1.54) is 47.2 Å². The van der Waals surface area contributed by atoms with Crippen molar-refractivity contribution >= 4 is 85.9 Å². The predicted molar refractivity (Wildman–Crippen MR) is 213 cm³/mol. The Morgan fingerprint density at radius 1 is 0.420 bits per heavy atom. The molecule has 0 aliphatic heterocycles. The van der Waals surface area contributed by atoms with E-state index < -0.39 is 0 Å². The van der Waals surface area contributed by atoms with Crippen molar-refractivity contribution in [2.24, 2.45) is 0 Å². The van der Waals surface area contributed by atoms with E-state index in [1.54, 1.807) is 0 Å². The van der Waals surface area contributed by atoms with E-state index in [1.807, 2.05) is 11.3 Å². The van der Waals surface area contributed by atoms with Gasteiger partial charge < -0.3 is 4.57 Å². The van der Waals surface area contributed by atoms with E-state index in [-0.39, 0.29) is 0 Å². The Morgan fingerprint density at radius 3 is 2.10 bits per heavy atom. The maximum absolute atomic E-state index is 5.57. The van der Waals surface area contributed by atoms with E-state index in [0.29, 0.717) is 0 Å². The van der Waals surface area contributed by atoms with Gasteiger partial charge in [-0.2, -0.15) is 0 Å². The van der Waals surface area contributed by atoms with Crippen molar-refractivity contribution in [2.45, 2.75) is 0 Å². The van der Waals surface area contributed by atoms with E-state index >= 15 is 0 Å². The van der Waals surface area contributed by atoms with Crippen molar-refractivity contribution < 1.29 is 0 Å². The smallest absolute Gasteiger partial charge is 0.0979 e. The average molecular weight is 654 g/mol. The lowest BCUT2D eigenvalue weighted by Gasteiger charge is -2.15. The molecule has 3 aromatic heterocycles. The number of thiophene rings is 1. The Balaban J connectivity index is 1.25. The van der Waals surface area contributed by atoms with E-state index in [2.05, 4.69) is 168 Å². The van der Waals surface area contributed by atoms with Crippen LogP contribution < -0.4 is 0 Å². The van der Waals surface area contributed by atoms with E-state index in [4.69, 9.17) is 9.97 Å². The predicted octanol–water partition coefficient (Wildman–Crippen LogP) is 12.7. The SMILES string of the molecule is c1ccc(-n2c3ccccc3c3ccc(-c4nc5ccc6ccccc6c5nc4-c4cccc5cc6sc7ccccc7c6cc45)cc32)cc1. The van der Waals surface area contributed by atoms with Crippen molar-refractivity contribution in [1.29, 1.82) is 0 Å². The van der Waals surface area contributed by atoms with Gasteiger partial charge in [0.1, 0.15) is 0 Å². The molecular formula is C46H27N3S. The molecule has 0 N–H and O–H groups in total. The summed E-state index contributed by atoms with van der Waals surface area (Å²) in [6.07, 6.45) is 0. The van der Waals surface area contributed by atoms with Gasteiger partial charge in [-0.25, -0.2) is 9.97 Å². The fourth-order valence-corrected chi connectivity index (χ4v) is 8.99. The molecule has 0 atom stereocenters. The van der Waals surface area contributed by atoms with Gasteiger partial charge in [0.2, 0.25) is 0 Å². The van der Waals surface area contributed by atoms with Crippen molar-refractivity contribution in [3.8, 4) is 28.2 Å². The maximum atomic E-state index is 5.57. The van der Waals surface area contributed by atoms with Crippen molar-refractivity contribution in [3.63, 3.8) is 0 Å². The third-order valence-electron chi connectivity index (χ3n) is 10.2. The third kappa shape index (κ3) is 4.03. The van der Waals surface area contributed by atoms with Crippen LogP contribution in [0.4, 0.5) is 0 Å². The van der Waals surface area contributed by atoms with Crippen LogP contribution in [0.25, 0.3) is 103 Å². The van der Waals surface area contributed by atoms with Gasteiger partial charge in [-0.1, -0.05) is 115 Å². The minimum atomic E-state index is 0.877. The second-order valence-corrected chi connectivity index (χ2v) is 14.1. The topological polar surface area (TPSA) is 30.7 Å². The number of hydrogen-bond acceptors (Lipinski definition) is 3. The first-order chi connectivity index (χ1) is 24.8. The molecule has 0 aliphatic rings. The fraction of sp³-hybridized carbons (Fsp3) is 0. The second kappa shape index (κ2) is 10.6. The molecule has 0 bridgehead atoms. The maximum Gasteiger partial charge on any atom is 0.0979 e. The molecule has 232 valence electrons. The van der Waals surface area contributed by atoms with Crippen LogP contribution in [0, 0.1) is 0 Å². The summed E-state index contributed by atoms with van der Waals surface area (Å²) < 4.78 is 4.97. The summed E-state index contributed by atoms with van der Waals surface area (Å²) in [7, 11) is 0.